The molecular weight excluding hydrogens is 210 g/mol. The van der Waals surface area contributed by atoms with Crippen LogP contribution >= 0.6 is 0 Å². The van der Waals surface area contributed by atoms with E-state index in [9.17, 15) is 0 Å². The van der Waals surface area contributed by atoms with Crippen molar-refractivity contribution in [2.45, 2.75) is 27.3 Å². The van der Waals surface area contributed by atoms with Crippen molar-refractivity contribution in [1.29, 1.82) is 0 Å². The molecule has 1 aromatic heterocycles. The van der Waals surface area contributed by atoms with Crippen LogP contribution in [0.25, 0.3) is 11.4 Å². The second-order valence-electron chi connectivity index (χ2n) is 4.28. The summed E-state index contributed by atoms with van der Waals surface area (Å²) >= 11 is 0. The minimum Gasteiger partial charge on any atom is -0.325 e. The molecule has 0 atom stereocenters. The fourth-order valence-electron chi connectivity index (χ4n) is 1.80. The standard InChI is InChI=1S/C14H17N3/c1-9-5-4-6-12(7-9)14-16-11(3)10(2)13(8-15)17-14/h4-7H,8,15H2,1-3H3. The first kappa shape index (κ1) is 11.7. The Hall–Kier alpha value is -1.74. The third-order valence-corrected chi connectivity index (χ3v) is 2.96. The van der Waals surface area contributed by atoms with E-state index in [1.165, 1.54) is 5.56 Å². The molecule has 0 aliphatic rings. The molecule has 2 rings (SSSR count). The van der Waals surface area contributed by atoms with Gasteiger partial charge in [0.05, 0.1) is 5.69 Å². The number of hydrogen-bond donors (Lipinski definition) is 1. The summed E-state index contributed by atoms with van der Waals surface area (Å²) in [7, 11) is 0. The lowest BCUT2D eigenvalue weighted by Crippen LogP contribution is -2.07. The van der Waals surface area contributed by atoms with Crippen molar-refractivity contribution in [3.05, 3.63) is 46.8 Å². The Morgan fingerprint density at radius 3 is 2.53 bits per heavy atom. The summed E-state index contributed by atoms with van der Waals surface area (Å²) in [5, 5.41) is 0. The lowest BCUT2D eigenvalue weighted by molar-refractivity contribution is 0.926. The van der Waals surface area contributed by atoms with E-state index in [1.807, 2.05) is 26.0 Å². The SMILES string of the molecule is Cc1cccc(-c2nc(C)c(C)c(CN)n2)c1. The Labute approximate surface area is 102 Å². The molecule has 88 valence electrons. The van der Waals surface area contributed by atoms with Gasteiger partial charge in [-0.2, -0.15) is 0 Å². The van der Waals surface area contributed by atoms with Gasteiger partial charge in [-0.05, 0) is 32.4 Å². The first-order chi connectivity index (χ1) is 8.11. The van der Waals surface area contributed by atoms with Crippen molar-refractivity contribution in [1.82, 2.24) is 9.97 Å². The molecule has 2 aromatic rings. The number of benzene rings is 1. The normalized spacial score (nSPS) is 10.6. The van der Waals surface area contributed by atoms with E-state index in [2.05, 4.69) is 29.0 Å². The topological polar surface area (TPSA) is 51.8 Å². The van der Waals surface area contributed by atoms with Crippen molar-refractivity contribution >= 4 is 0 Å². The van der Waals surface area contributed by atoms with Crippen molar-refractivity contribution in [3.63, 3.8) is 0 Å². The van der Waals surface area contributed by atoms with Gasteiger partial charge in [0.2, 0.25) is 0 Å². The summed E-state index contributed by atoms with van der Waals surface area (Å²) in [5.41, 5.74) is 11.0. The molecule has 0 aliphatic heterocycles. The highest BCUT2D eigenvalue weighted by Gasteiger charge is 2.08. The summed E-state index contributed by atoms with van der Waals surface area (Å²) in [6.07, 6.45) is 0. The van der Waals surface area contributed by atoms with Crippen LogP contribution in [0.5, 0.6) is 0 Å². The Morgan fingerprint density at radius 2 is 1.88 bits per heavy atom. The summed E-state index contributed by atoms with van der Waals surface area (Å²) in [6, 6.07) is 8.20. The smallest absolute Gasteiger partial charge is 0.159 e. The fraction of sp³-hybridized carbons (Fsp3) is 0.286. The van der Waals surface area contributed by atoms with Crippen molar-refractivity contribution in [2.24, 2.45) is 5.73 Å². The molecule has 0 bridgehead atoms. The van der Waals surface area contributed by atoms with Gasteiger partial charge < -0.3 is 5.73 Å². The zero-order valence-electron chi connectivity index (χ0n) is 10.5. The first-order valence-electron chi connectivity index (χ1n) is 5.73. The highest BCUT2D eigenvalue weighted by Crippen LogP contribution is 2.19. The summed E-state index contributed by atoms with van der Waals surface area (Å²) in [6.45, 7) is 6.52. The number of rotatable bonds is 2. The van der Waals surface area contributed by atoms with E-state index < -0.39 is 0 Å². The molecule has 0 amide bonds. The largest absolute Gasteiger partial charge is 0.325 e. The highest BCUT2D eigenvalue weighted by molar-refractivity contribution is 5.56. The van der Waals surface area contributed by atoms with Gasteiger partial charge in [0, 0.05) is 17.8 Å². The summed E-state index contributed by atoms with van der Waals surface area (Å²) < 4.78 is 0. The Bertz CT molecular complexity index is 547. The maximum Gasteiger partial charge on any atom is 0.159 e. The van der Waals surface area contributed by atoms with Gasteiger partial charge in [-0.3, -0.25) is 0 Å². The van der Waals surface area contributed by atoms with E-state index in [1.54, 1.807) is 0 Å². The van der Waals surface area contributed by atoms with Gasteiger partial charge in [0.25, 0.3) is 0 Å². The molecule has 0 fully saturated rings. The number of hydrogen-bond acceptors (Lipinski definition) is 3. The van der Waals surface area contributed by atoms with Crippen LogP contribution in [0.2, 0.25) is 0 Å². The predicted octanol–water partition coefficient (Wildman–Crippen LogP) is 2.53. The molecular formula is C14H17N3. The lowest BCUT2D eigenvalue weighted by atomic mass is 10.1. The minimum atomic E-state index is 0.452. The van der Waals surface area contributed by atoms with E-state index in [-0.39, 0.29) is 0 Å². The van der Waals surface area contributed by atoms with E-state index in [4.69, 9.17) is 5.73 Å². The quantitative estimate of drug-likeness (QED) is 0.857. The minimum absolute atomic E-state index is 0.452. The molecule has 3 nitrogen and oxygen atoms in total. The zero-order valence-corrected chi connectivity index (χ0v) is 10.5. The molecule has 0 saturated carbocycles. The molecule has 0 radical (unpaired) electrons. The lowest BCUT2D eigenvalue weighted by Gasteiger charge is -2.09. The van der Waals surface area contributed by atoms with Gasteiger partial charge >= 0.3 is 0 Å². The Balaban J connectivity index is 2.56. The Kier molecular flexibility index (Phi) is 3.20. The van der Waals surface area contributed by atoms with Crippen LogP contribution in [0, 0.1) is 20.8 Å². The fourth-order valence-corrected chi connectivity index (χ4v) is 1.80. The molecule has 1 aromatic carbocycles. The van der Waals surface area contributed by atoms with Gasteiger partial charge in [-0.25, -0.2) is 9.97 Å². The van der Waals surface area contributed by atoms with Gasteiger partial charge in [-0.1, -0.05) is 23.8 Å². The number of nitrogens with zero attached hydrogens (tertiary/aromatic N) is 2. The van der Waals surface area contributed by atoms with Crippen LogP contribution < -0.4 is 5.73 Å². The van der Waals surface area contributed by atoms with Crippen LogP contribution in [-0.2, 0) is 6.54 Å². The third-order valence-electron chi connectivity index (χ3n) is 2.96. The maximum atomic E-state index is 5.71. The number of aryl methyl sites for hydroxylation is 2. The van der Waals surface area contributed by atoms with Crippen molar-refractivity contribution < 1.29 is 0 Å². The van der Waals surface area contributed by atoms with E-state index >= 15 is 0 Å². The maximum absolute atomic E-state index is 5.71. The van der Waals surface area contributed by atoms with Crippen LogP contribution in [0.15, 0.2) is 24.3 Å². The van der Waals surface area contributed by atoms with Crippen LogP contribution in [0.1, 0.15) is 22.5 Å². The molecule has 0 saturated heterocycles. The second-order valence-corrected chi connectivity index (χ2v) is 4.28. The van der Waals surface area contributed by atoms with Crippen LogP contribution in [0.4, 0.5) is 0 Å². The van der Waals surface area contributed by atoms with Gasteiger partial charge in [0.1, 0.15) is 0 Å². The van der Waals surface area contributed by atoms with Crippen molar-refractivity contribution in [2.75, 3.05) is 0 Å². The second kappa shape index (κ2) is 4.63. The highest BCUT2D eigenvalue weighted by atomic mass is 14.9. The summed E-state index contributed by atoms with van der Waals surface area (Å²) in [4.78, 5) is 9.05. The first-order valence-corrected chi connectivity index (χ1v) is 5.73. The van der Waals surface area contributed by atoms with Gasteiger partial charge in [0.15, 0.2) is 5.82 Å². The predicted molar refractivity (Wildman–Crippen MR) is 69.6 cm³/mol. The monoisotopic (exact) mass is 227 g/mol. The molecule has 2 N–H and O–H groups in total. The molecule has 17 heavy (non-hydrogen) atoms. The van der Waals surface area contributed by atoms with Crippen LogP contribution in [0.3, 0.4) is 0 Å². The number of nitrogens with two attached hydrogens (primary N) is 1. The third kappa shape index (κ3) is 2.34. The molecule has 0 spiro atoms. The average molecular weight is 227 g/mol. The molecule has 0 unspecified atom stereocenters. The Morgan fingerprint density at radius 1 is 1.12 bits per heavy atom. The zero-order chi connectivity index (χ0) is 12.4. The number of aromatic nitrogens is 2. The van der Waals surface area contributed by atoms with Crippen molar-refractivity contribution in [3.8, 4) is 11.4 Å². The van der Waals surface area contributed by atoms with Gasteiger partial charge in [-0.15, -0.1) is 0 Å². The molecule has 0 aliphatic carbocycles. The summed E-state index contributed by atoms with van der Waals surface area (Å²) in [5.74, 6) is 0.761. The van der Waals surface area contributed by atoms with E-state index in [0.29, 0.717) is 6.54 Å². The molecule has 3 heteroatoms. The van der Waals surface area contributed by atoms with Crippen LogP contribution in [-0.4, -0.2) is 9.97 Å². The van der Waals surface area contributed by atoms with E-state index in [0.717, 1.165) is 28.3 Å². The molecule has 1 heterocycles. The average Bonchev–Trinajstić information content (AvgIpc) is 2.32.